The lowest BCUT2D eigenvalue weighted by molar-refractivity contribution is -0.167. The Morgan fingerprint density at radius 3 is 1.40 bits per heavy atom. The Morgan fingerprint density at radius 1 is 0.600 bits per heavy atom. The van der Waals surface area contributed by atoms with Crippen LogP contribution in [-0.4, -0.2) is 31.3 Å². The highest BCUT2D eigenvalue weighted by Gasteiger charge is 2.68. The van der Waals surface area contributed by atoms with Crippen LogP contribution in [0.3, 0.4) is 0 Å². The lowest BCUT2D eigenvalue weighted by Gasteiger charge is -2.59. The Kier molecular flexibility index (Phi) is 8.65. The molecule has 45 heavy (non-hydrogen) atoms. The number of carbonyl (C=O) groups excluding carboxylic acids is 2. The van der Waals surface area contributed by atoms with E-state index in [9.17, 15) is 9.59 Å². The van der Waals surface area contributed by atoms with Gasteiger partial charge in [0.05, 0.1) is 16.5 Å². The smallest absolute Gasteiger partial charge is 0.338 e. The number of carbonyl (C=O) groups is 2. The van der Waals surface area contributed by atoms with E-state index in [0.717, 1.165) is 60.8 Å². The highest BCUT2D eigenvalue weighted by molar-refractivity contribution is 5.91. The predicted molar refractivity (Wildman–Crippen MR) is 176 cm³/mol. The summed E-state index contributed by atoms with van der Waals surface area (Å²) >= 11 is 0. The van der Waals surface area contributed by atoms with E-state index in [1.807, 2.05) is 84.9 Å². The maximum absolute atomic E-state index is 13.9. The fourth-order valence-corrected chi connectivity index (χ4v) is 7.34. The van der Waals surface area contributed by atoms with Gasteiger partial charge in [-0.1, -0.05) is 99.5 Å². The van der Waals surface area contributed by atoms with Crippen LogP contribution in [0.5, 0.6) is 0 Å². The number of fused-ring (bicyclic) bond motifs is 1. The molecule has 0 heterocycles. The third-order valence-electron chi connectivity index (χ3n) is 9.83. The molecule has 3 aliphatic rings. The highest BCUT2D eigenvalue weighted by atomic mass is 16.6. The zero-order valence-electron chi connectivity index (χ0n) is 26.7. The predicted octanol–water partition coefficient (Wildman–Crippen LogP) is 8.35. The van der Waals surface area contributed by atoms with Gasteiger partial charge in [0.25, 0.3) is 0 Å². The second-order valence-corrected chi connectivity index (χ2v) is 12.5. The number of rotatable bonds is 11. The quantitative estimate of drug-likeness (QED) is 0.162. The standard InChI is InChI=1S/C40H42O5/c1-5-7-13-27-19-23-29(24-20-27)37(41)44-35-36(45-38(42)30-25-21-28(22-26-30)14-8-6-2)40(43-4)33-17-11-9-15-31(33)39(35,3)32-16-10-12-18-34(32)40/h9-12,15-26,35-36H,5-8,13-14H2,1-4H3/t35-,36+,39?,40?/m1/s1. The van der Waals surface area contributed by atoms with Crippen LogP contribution in [0, 0.1) is 0 Å². The first kappa shape index (κ1) is 30.8. The van der Waals surface area contributed by atoms with Gasteiger partial charge in [-0.25, -0.2) is 9.59 Å². The van der Waals surface area contributed by atoms with E-state index in [2.05, 4.69) is 32.9 Å². The summed E-state index contributed by atoms with van der Waals surface area (Å²) in [5, 5.41) is 0. The first-order valence-corrected chi connectivity index (χ1v) is 16.2. The van der Waals surface area contributed by atoms with Gasteiger partial charge < -0.3 is 14.2 Å². The molecule has 2 atom stereocenters. The monoisotopic (exact) mass is 602 g/mol. The molecule has 7 rings (SSSR count). The maximum Gasteiger partial charge on any atom is 0.338 e. The molecular formula is C40H42O5. The van der Waals surface area contributed by atoms with E-state index in [4.69, 9.17) is 14.2 Å². The Morgan fingerprint density at radius 2 is 1.00 bits per heavy atom. The second-order valence-electron chi connectivity index (χ2n) is 12.5. The Labute approximate surface area is 266 Å². The van der Waals surface area contributed by atoms with E-state index in [-0.39, 0.29) is 0 Å². The molecular weight excluding hydrogens is 560 g/mol. The molecule has 0 fully saturated rings. The third-order valence-corrected chi connectivity index (χ3v) is 9.83. The summed E-state index contributed by atoms with van der Waals surface area (Å²) in [6.07, 6.45) is 4.52. The molecule has 5 heteroatoms. The number of aryl methyl sites for hydroxylation is 2. The van der Waals surface area contributed by atoms with Crippen molar-refractivity contribution in [3.63, 3.8) is 0 Å². The van der Waals surface area contributed by atoms with Crippen molar-refractivity contribution in [2.24, 2.45) is 0 Å². The first-order valence-electron chi connectivity index (χ1n) is 16.2. The van der Waals surface area contributed by atoms with Crippen molar-refractivity contribution in [3.05, 3.63) is 142 Å². The van der Waals surface area contributed by atoms with Crippen LogP contribution in [0.4, 0.5) is 0 Å². The molecule has 0 saturated carbocycles. The normalized spacial score (nSPS) is 22.8. The van der Waals surface area contributed by atoms with Crippen molar-refractivity contribution < 1.29 is 23.8 Å². The molecule has 0 amide bonds. The van der Waals surface area contributed by atoms with Crippen LogP contribution < -0.4 is 0 Å². The van der Waals surface area contributed by atoms with E-state index >= 15 is 0 Å². The van der Waals surface area contributed by atoms with Crippen molar-refractivity contribution in [2.45, 2.75) is 82.5 Å². The topological polar surface area (TPSA) is 61.8 Å². The fourth-order valence-electron chi connectivity index (χ4n) is 7.34. The van der Waals surface area contributed by atoms with Crippen LogP contribution in [0.15, 0.2) is 97.1 Å². The SMILES string of the molecule is CCCCc1ccc(C(=O)O[C@@H]2[C@H](OC(=O)c3ccc(CCCC)cc3)C3(OC)c4ccccc4C2(C)c2ccccc23)cc1. The number of unbranched alkanes of at least 4 members (excludes halogenated alkanes) is 2. The largest absolute Gasteiger partial charge is 0.453 e. The van der Waals surface area contributed by atoms with Crippen molar-refractivity contribution in [1.29, 1.82) is 0 Å². The molecule has 0 spiro atoms. The molecule has 0 aliphatic heterocycles. The summed E-state index contributed by atoms with van der Waals surface area (Å²) in [5.41, 5.74) is 5.09. The van der Waals surface area contributed by atoms with Crippen LogP contribution >= 0.6 is 0 Å². The van der Waals surface area contributed by atoms with Crippen LogP contribution in [0.2, 0.25) is 0 Å². The summed E-state index contributed by atoms with van der Waals surface area (Å²) in [6.45, 7) is 6.41. The molecule has 0 radical (unpaired) electrons. The Bertz CT molecular complexity index is 1620. The van der Waals surface area contributed by atoms with Crippen LogP contribution in [0.1, 0.15) is 101 Å². The molecule has 4 aromatic rings. The molecule has 0 aromatic heterocycles. The number of hydrogen-bond acceptors (Lipinski definition) is 5. The number of ether oxygens (including phenoxy) is 3. The average Bonchev–Trinajstić information content (AvgIpc) is 3.08. The van der Waals surface area contributed by atoms with Gasteiger partial charge in [0.2, 0.25) is 0 Å². The summed E-state index contributed by atoms with van der Waals surface area (Å²) < 4.78 is 19.4. The Balaban J connectivity index is 1.43. The van der Waals surface area contributed by atoms with Crippen molar-refractivity contribution in [2.75, 3.05) is 7.11 Å². The molecule has 2 bridgehead atoms. The van der Waals surface area contributed by atoms with Crippen molar-refractivity contribution in [3.8, 4) is 0 Å². The summed E-state index contributed by atoms with van der Waals surface area (Å²) in [5.74, 6) is -0.940. The van der Waals surface area contributed by atoms with E-state index in [1.54, 1.807) is 7.11 Å². The van der Waals surface area contributed by atoms with E-state index in [0.29, 0.717) is 11.1 Å². The van der Waals surface area contributed by atoms with Crippen LogP contribution in [0.25, 0.3) is 0 Å². The molecule has 0 unspecified atom stereocenters. The third kappa shape index (κ3) is 5.17. The van der Waals surface area contributed by atoms with Gasteiger partial charge in [-0.15, -0.1) is 0 Å². The van der Waals surface area contributed by atoms with Gasteiger partial charge in [-0.05, 0) is 90.3 Å². The molecule has 232 valence electrons. The van der Waals surface area contributed by atoms with Gasteiger partial charge in [0.15, 0.2) is 17.8 Å². The highest BCUT2D eigenvalue weighted by Crippen LogP contribution is 2.61. The zero-order chi connectivity index (χ0) is 31.6. The molecule has 0 saturated heterocycles. The zero-order valence-corrected chi connectivity index (χ0v) is 26.7. The van der Waals surface area contributed by atoms with Gasteiger partial charge in [-0.2, -0.15) is 0 Å². The molecule has 5 nitrogen and oxygen atoms in total. The average molecular weight is 603 g/mol. The van der Waals surface area contributed by atoms with Gasteiger partial charge in [0.1, 0.15) is 0 Å². The molecule has 4 aromatic carbocycles. The van der Waals surface area contributed by atoms with Gasteiger partial charge in [-0.3, -0.25) is 0 Å². The van der Waals surface area contributed by atoms with Crippen LogP contribution in [-0.2, 0) is 38.1 Å². The first-order chi connectivity index (χ1) is 21.9. The van der Waals surface area contributed by atoms with Crippen molar-refractivity contribution >= 4 is 11.9 Å². The minimum absolute atomic E-state index is 0.447. The lowest BCUT2D eigenvalue weighted by Crippen LogP contribution is -2.67. The van der Waals surface area contributed by atoms with Gasteiger partial charge >= 0.3 is 11.9 Å². The fraction of sp³-hybridized carbons (Fsp3) is 0.350. The second kappa shape index (κ2) is 12.6. The van der Waals surface area contributed by atoms with Gasteiger partial charge in [0, 0.05) is 7.11 Å². The number of hydrogen-bond donors (Lipinski definition) is 0. The Hall–Kier alpha value is -4.22. The van der Waals surface area contributed by atoms with Crippen molar-refractivity contribution in [1.82, 2.24) is 0 Å². The van der Waals surface area contributed by atoms with E-state index < -0.39 is 35.2 Å². The summed E-state index contributed by atoms with van der Waals surface area (Å²) in [4.78, 5) is 27.8. The number of benzene rings is 4. The summed E-state index contributed by atoms with van der Waals surface area (Å²) in [6, 6.07) is 31.4. The number of esters is 2. The maximum atomic E-state index is 13.9. The molecule has 0 N–H and O–H groups in total. The van der Waals surface area contributed by atoms with E-state index in [1.165, 1.54) is 11.1 Å². The minimum Gasteiger partial charge on any atom is -0.453 e. The molecule has 3 aliphatic carbocycles. The lowest BCUT2D eigenvalue weighted by atomic mass is 9.51. The number of methoxy groups -OCH3 is 1. The summed E-state index contributed by atoms with van der Waals surface area (Å²) in [7, 11) is 1.64. The minimum atomic E-state index is -1.18.